The number of allylic oxidation sites excluding steroid dienone is 3. The molecule has 2 atom stereocenters. The fraction of sp³-hybridized carbons (Fsp3) is 0.267. The van der Waals surface area contributed by atoms with E-state index in [9.17, 15) is 18.1 Å². The third kappa shape index (κ3) is 3.71. The number of amides is 1. The summed E-state index contributed by atoms with van der Waals surface area (Å²) in [4.78, 5) is 11.0. The minimum absolute atomic E-state index is 0.105. The SMILES string of the molecule is NC(=O)C[S+]([O-])C(C1=CCCC=C1F)c1ccccc1F. The molecule has 0 saturated carbocycles. The van der Waals surface area contributed by atoms with Crippen molar-refractivity contribution >= 4 is 17.1 Å². The summed E-state index contributed by atoms with van der Waals surface area (Å²) in [6, 6.07) is 5.74. The normalized spacial score (nSPS) is 17.7. The molecule has 2 rings (SSSR count). The highest BCUT2D eigenvalue weighted by atomic mass is 32.2. The van der Waals surface area contributed by atoms with Crippen LogP contribution in [0.1, 0.15) is 23.7 Å². The van der Waals surface area contributed by atoms with Crippen molar-refractivity contribution in [2.45, 2.75) is 18.1 Å². The minimum atomic E-state index is -1.83. The summed E-state index contributed by atoms with van der Waals surface area (Å²) in [6.45, 7) is 0. The lowest BCUT2D eigenvalue weighted by atomic mass is 9.98. The standard InChI is InChI=1S/C15H15F2NO2S/c16-12-7-3-1-5-10(12)15(21(20)9-14(18)19)11-6-2-4-8-13(11)17/h1,3,5-8,15H,2,4,9H2,(H2,18,19). The zero-order valence-corrected chi connectivity index (χ0v) is 12.0. The highest BCUT2D eigenvalue weighted by molar-refractivity contribution is 7.92. The minimum Gasteiger partial charge on any atom is -0.615 e. The van der Waals surface area contributed by atoms with Crippen molar-refractivity contribution in [3.05, 3.63) is 59.2 Å². The van der Waals surface area contributed by atoms with Gasteiger partial charge in [-0.3, -0.25) is 4.79 Å². The van der Waals surface area contributed by atoms with Crippen LogP contribution in [0.25, 0.3) is 0 Å². The summed E-state index contributed by atoms with van der Waals surface area (Å²) in [5.41, 5.74) is 5.32. The van der Waals surface area contributed by atoms with Crippen molar-refractivity contribution in [1.82, 2.24) is 0 Å². The van der Waals surface area contributed by atoms with Crippen molar-refractivity contribution in [3.63, 3.8) is 0 Å². The molecule has 6 heteroatoms. The van der Waals surface area contributed by atoms with Gasteiger partial charge < -0.3 is 10.3 Å². The molecule has 1 aliphatic rings. The van der Waals surface area contributed by atoms with Crippen LogP contribution in [-0.2, 0) is 16.0 Å². The number of hydrogen-bond donors (Lipinski definition) is 1. The first-order valence-corrected chi connectivity index (χ1v) is 7.85. The lowest BCUT2D eigenvalue weighted by Crippen LogP contribution is -2.29. The Kier molecular flexibility index (Phi) is 5.14. The summed E-state index contributed by atoms with van der Waals surface area (Å²) in [6.07, 6.45) is 4.11. The van der Waals surface area contributed by atoms with Crippen molar-refractivity contribution in [3.8, 4) is 0 Å². The number of rotatable bonds is 5. The Labute approximate surface area is 124 Å². The van der Waals surface area contributed by atoms with Crippen LogP contribution >= 0.6 is 0 Å². The van der Waals surface area contributed by atoms with Crippen molar-refractivity contribution in [2.75, 3.05) is 5.75 Å². The van der Waals surface area contributed by atoms with Crippen molar-refractivity contribution in [2.24, 2.45) is 5.73 Å². The lowest BCUT2D eigenvalue weighted by Gasteiger charge is -2.24. The van der Waals surface area contributed by atoms with Gasteiger partial charge in [0.25, 0.3) is 5.91 Å². The molecule has 0 bridgehead atoms. The van der Waals surface area contributed by atoms with Crippen LogP contribution in [0, 0.1) is 5.82 Å². The molecule has 21 heavy (non-hydrogen) atoms. The van der Waals surface area contributed by atoms with Gasteiger partial charge in [-0.15, -0.1) is 0 Å². The molecule has 1 aromatic carbocycles. The van der Waals surface area contributed by atoms with Gasteiger partial charge in [-0.1, -0.05) is 24.3 Å². The van der Waals surface area contributed by atoms with E-state index < -0.39 is 39.7 Å². The Bertz CT molecular complexity index is 601. The van der Waals surface area contributed by atoms with E-state index in [2.05, 4.69) is 0 Å². The number of nitrogens with two attached hydrogens (primary N) is 1. The van der Waals surface area contributed by atoms with Gasteiger partial charge in [-0.05, 0) is 36.2 Å². The summed E-state index contributed by atoms with van der Waals surface area (Å²) in [5, 5.41) is -1.03. The maximum atomic E-state index is 14.0. The van der Waals surface area contributed by atoms with Gasteiger partial charge in [-0.2, -0.15) is 0 Å². The average Bonchev–Trinajstić information content (AvgIpc) is 2.42. The predicted octanol–water partition coefficient (Wildman–Crippen LogP) is 2.67. The number of benzene rings is 1. The van der Waals surface area contributed by atoms with E-state index in [0.717, 1.165) is 0 Å². The largest absolute Gasteiger partial charge is 0.615 e. The number of carbonyl (C=O) groups excluding carboxylic acids is 1. The monoisotopic (exact) mass is 311 g/mol. The molecule has 0 aromatic heterocycles. The molecule has 0 aliphatic heterocycles. The van der Waals surface area contributed by atoms with Crippen LogP contribution < -0.4 is 5.73 Å². The molecule has 2 N–H and O–H groups in total. The number of hydrogen-bond acceptors (Lipinski definition) is 2. The van der Waals surface area contributed by atoms with Crippen LogP contribution in [0.3, 0.4) is 0 Å². The second-order valence-corrected chi connectivity index (χ2v) is 6.20. The molecule has 1 aliphatic carbocycles. The Morgan fingerprint density at radius 3 is 2.57 bits per heavy atom. The summed E-state index contributed by atoms with van der Waals surface area (Å²) in [5.74, 6) is -2.31. The van der Waals surface area contributed by atoms with E-state index in [1.807, 2.05) is 0 Å². The molecule has 112 valence electrons. The Morgan fingerprint density at radius 1 is 1.29 bits per heavy atom. The Hall–Kier alpha value is -1.66. The van der Waals surface area contributed by atoms with E-state index in [1.165, 1.54) is 24.3 Å². The summed E-state index contributed by atoms with van der Waals surface area (Å²) >= 11 is -1.83. The molecule has 3 nitrogen and oxygen atoms in total. The van der Waals surface area contributed by atoms with Gasteiger partial charge in [0.2, 0.25) is 0 Å². The van der Waals surface area contributed by atoms with Gasteiger partial charge in [0.1, 0.15) is 11.6 Å². The number of halogens is 2. The van der Waals surface area contributed by atoms with E-state index >= 15 is 0 Å². The van der Waals surface area contributed by atoms with Crippen LogP contribution in [0.4, 0.5) is 8.78 Å². The van der Waals surface area contributed by atoms with E-state index in [-0.39, 0.29) is 11.1 Å². The second kappa shape index (κ2) is 6.87. The van der Waals surface area contributed by atoms with Gasteiger partial charge in [0.15, 0.2) is 11.0 Å². The van der Waals surface area contributed by atoms with Crippen LogP contribution in [0.15, 0.2) is 47.8 Å². The zero-order valence-electron chi connectivity index (χ0n) is 11.2. The Morgan fingerprint density at radius 2 is 1.95 bits per heavy atom. The molecule has 0 saturated heterocycles. The molecule has 0 spiro atoms. The number of primary amides is 1. The molecular weight excluding hydrogens is 296 g/mol. The first kappa shape index (κ1) is 15.7. The van der Waals surface area contributed by atoms with Crippen LogP contribution in [0.2, 0.25) is 0 Å². The van der Waals surface area contributed by atoms with E-state index in [0.29, 0.717) is 12.8 Å². The molecule has 0 fully saturated rings. The van der Waals surface area contributed by atoms with E-state index in [1.54, 1.807) is 12.1 Å². The topological polar surface area (TPSA) is 66.2 Å². The molecular formula is C15H15F2NO2S. The molecule has 2 unspecified atom stereocenters. The average molecular weight is 311 g/mol. The third-order valence-electron chi connectivity index (χ3n) is 3.15. The lowest BCUT2D eigenvalue weighted by molar-refractivity contribution is -0.115. The maximum absolute atomic E-state index is 14.0. The first-order valence-electron chi connectivity index (χ1n) is 6.46. The zero-order chi connectivity index (χ0) is 15.4. The van der Waals surface area contributed by atoms with Crippen molar-refractivity contribution in [1.29, 1.82) is 0 Å². The van der Waals surface area contributed by atoms with Gasteiger partial charge >= 0.3 is 0 Å². The molecule has 0 radical (unpaired) electrons. The molecule has 0 heterocycles. The summed E-state index contributed by atoms with van der Waals surface area (Å²) < 4.78 is 40.4. The van der Waals surface area contributed by atoms with Crippen LogP contribution in [0.5, 0.6) is 0 Å². The Balaban J connectivity index is 2.44. The van der Waals surface area contributed by atoms with E-state index in [4.69, 9.17) is 5.73 Å². The quantitative estimate of drug-likeness (QED) is 0.850. The van der Waals surface area contributed by atoms with Gasteiger partial charge in [0, 0.05) is 11.1 Å². The highest BCUT2D eigenvalue weighted by Crippen LogP contribution is 2.38. The van der Waals surface area contributed by atoms with Crippen molar-refractivity contribution < 1.29 is 18.1 Å². The second-order valence-electron chi connectivity index (χ2n) is 4.68. The molecule has 1 aromatic rings. The fourth-order valence-electron chi connectivity index (χ4n) is 2.26. The third-order valence-corrected chi connectivity index (χ3v) is 4.75. The smallest absolute Gasteiger partial charge is 0.267 e. The van der Waals surface area contributed by atoms with Crippen LogP contribution in [-0.4, -0.2) is 16.2 Å². The van der Waals surface area contributed by atoms with Gasteiger partial charge in [-0.25, -0.2) is 8.78 Å². The summed E-state index contributed by atoms with van der Waals surface area (Å²) in [7, 11) is 0. The molecule has 1 amide bonds. The fourth-order valence-corrected chi connectivity index (χ4v) is 3.67. The predicted molar refractivity (Wildman–Crippen MR) is 77.9 cm³/mol. The highest BCUT2D eigenvalue weighted by Gasteiger charge is 2.34. The number of carbonyl (C=O) groups is 1. The maximum Gasteiger partial charge on any atom is 0.267 e. The van der Waals surface area contributed by atoms with Gasteiger partial charge in [0.05, 0.1) is 0 Å². The first-order chi connectivity index (χ1) is 10.0.